The summed E-state index contributed by atoms with van der Waals surface area (Å²) in [6, 6.07) is 14.5. The maximum atomic E-state index is 12.2. The Hall–Kier alpha value is -2.84. The number of carboxylic acid groups (broad SMARTS) is 1. The van der Waals surface area contributed by atoms with Crippen molar-refractivity contribution in [3.63, 3.8) is 0 Å². The molecule has 2 N–H and O–H groups in total. The predicted octanol–water partition coefficient (Wildman–Crippen LogP) is 2.56. The molecule has 8 heteroatoms. The molecule has 0 bridgehead atoms. The molecular formula is C19H19NO6S. The number of rotatable bonds is 9. The molecule has 2 aromatic carbocycles. The fourth-order valence-corrected chi connectivity index (χ4v) is 3.65. The second kappa shape index (κ2) is 8.24. The molecule has 0 aliphatic heterocycles. The highest BCUT2D eigenvalue weighted by Crippen LogP contribution is 2.29. The quantitative estimate of drug-likeness (QED) is 0.583. The number of furan rings is 1. The number of ether oxygens (including phenoxy) is 1. The molecule has 0 amide bonds. The van der Waals surface area contributed by atoms with Crippen LogP contribution in [-0.2, 0) is 27.8 Å². The van der Waals surface area contributed by atoms with E-state index < -0.39 is 22.6 Å². The van der Waals surface area contributed by atoms with Gasteiger partial charge in [-0.1, -0.05) is 42.5 Å². The number of aliphatic carboxylic acids is 1. The molecule has 3 aromatic rings. The van der Waals surface area contributed by atoms with Gasteiger partial charge in [0.2, 0.25) is 10.0 Å². The van der Waals surface area contributed by atoms with Gasteiger partial charge in [-0.3, -0.25) is 0 Å². The van der Waals surface area contributed by atoms with Crippen molar-refractivity contribution in [1.29, 1.82) is 0 Å². The average molecular weight is 389 g/mol. The Balaban J connectivity index is 1.66. The fourth-order valence-electron chi connectivity index (χ4n) is 2.63. The lowest BCUT2D eigenvalue weighted by molar-refractivity contribution is -0.139. The van der Waals surface area contributed by atoms with Crippen molar-refractivity contribution in [3.05, 3.63) is 65.9 Å². The van der Waals surface area contributed by atoms with E-state index in [4.69, 9.17) is 14.3 Å². The first kappa shape index (κ1) is 18.9. The van der Waals surface area contributed by atoms with Gasteiger partial charge in [-0.15, -0.1) is 0 Å². The highest BCUT2D eigenvalue weighted by Gasteiger charge is 2.15. The lowest BCUT2D eigenvalue weighted by Gasteiger charge is -2.06. The summed E-state index contributed by atoms with van der Waals surface area (Å²) in [5.41, 5.74) is 1.99. The van der Waals surface area contributed by atoms with Gasteiger partial charge in [0, 0.05) is 17.5 Å². The molecule has 0 fully saturated rings. The van der Waals surface area contributed by atoms with E-state index in [1.165, 1.54) is 6.26 Å². The third-order valence-corrected chi connectivity index (χ3v) is 5.31. The van der Waals surface area contributed by atoms with Gasteiger partial charge in [-0.05, 0) is 18.1 Å². The van der Waals surface area contributed by atoms with Crippen molar-refractivity contribution < 1.29 is 27.5 Å². The van der Waals surface area contributed by atoms with Crippen LogP contribution >= 0.6 is 0 Å². The highest BCUT2D eigenvalue weighted by molar-refractivity contribution is 7.89. The molecular weight excluding hydrogens is 370 g/mol. The van der Waals surface area contributed by atoms with E-state index in [1.54, 1.807) is 18.2 Å². The molecule has 0 atom stereocenters. The Morgan fingerprint density at radius 1 is 1.11 bits per heavy atom. The van der Waals surface area contributed by atoms with E-state index >= 15 is 0 Å². The van der Waals surface area contributed by atoms with Crippen molar-refractivity contribution in [2.24, 2.45) is 0 Å². The Morgan fingerprint density at radius 3 is 2.63 bits per heavy atom. The lowest BCUT2D eigenvalue weighted by atomic mass is 10.2. The van der Waals surface area contributed by atoms with Gasteiger partial charge >= 0.3 is 5.97 Å². The molecule has 142 valence electrons. The van der Waals surface area contributed by atoms with Crippen LogP contribution < -0.4 is 9.46 Å². The number of aryl methyl sites for hydroxylation is 1. The Bertz CT molecular complexity index is 1030. The number of hydrogen-bond donors (Lipinski definition) is 2. The third-order valence-electron chi connectivity index (χ3n) is 3.98. The minimum Gasteiger partial charge on any atom is -0.479 e. The second-order valence-electron chi connectivity index (χ2n) is 5.95. The monoisotopic (exact) mass is 389 g/mol. The molecule has 0 unspecified atom stereocenters. The van der Waals surface area contributed by atoms with Gasteiger partial charge in [-0.25, -0.2) is 17.9 Å². The number of benzene rings is 2. The molecule has 1 aromatic heterocycles. The molecule has 7 nitrogen and oxygen atoms in total. The summed E-state index contributed by atoms with van der Waals surface area (Å²) in [6.07, 6.45) is 1.87. The molecule has 0 aliphatic carbocycles. The first-order valence-corrected chi connectivity index (χ1v) is 9.95. The first-order chi connectivity index (χ1) is 12.9. The Labute approximate surface area is 156 Å². The summed E-state index contributed by atoms with van der Waals surface area (Å²) in [4.78, 5) is 10.7. The van der Waals surface area contributed by atoms with Crippen LogP contribution in [0.15, 0.2) is 59.2 Å². The minimum atomic E-state index is -3.46. The summed E-state index contributed by atoms with van der Waals surface area (Å²) in [7, 11) is -3.46. The standard InChI is InChI=1S/C19H19NO6S/c21-18(22)13-25-17-8-4-7-16-15(12-26-19(16)17)11-20-27(23,24)10-9-14-5-2-1-3-6-14/h1-8,12,20H,9-11,13H2,(H,21,22). The normalized spacial score (nSPS) is 11.6. The number of carboxylic acids is 1. The Kier molecular flexibility index (Phi) is 5.78. The van der Waals surface area contributed by atoms with Crippen LogP contribution in [0.3, 0.4) is 0 Å². The van der Waals surface area contributed by atoms with Crippen molar-refractivity contribution in [3.8, 4) is 5.75 Å². The second-order valence-corrected chi connectivity index (χ2v) is 7.88. The molecule has 0 saturated carbocycles. The van der Waals surface area contributed by atoms with E-state index in [0.29, 0.717) is 28.7 Å². The van der Waals surface area contributed by atoms with Gasteiger partial charge in [0.15, 0.2) is 17.9 Å². The van der Waals surface area contributed by atoms with Gasteiger partial charge in [-0.2, -0.15) is 0 Å². The molecule has 0 radical (unpaired) electrons. The topological polar surface area (TPSA) is 106 Å². The van der Waals surface area contributed by atoms with Crippen LogP contribution in [0.4, 0.5) is 0 Å². The summed E-state index contributed by atoms with van der Waals surface area (Å²) in [5.74, 6) is -0.808. The maximum absolute atomic E-state index is 12.2. The van der Waals surface area contributed by atoms with Crippen LogP contribution in [0, 0.1) is 0 Å². The van der Waals surface area contributed by atoms with E-state index in [0.717, 1.165) is 5.56 Å². The average Bonchev–Trinajstić information content (AvgIpc) is 3.08. The van der Waals surface area contributed by atoms with Crippen molar-refractivity contribution in [1.82, 2.24) is 4.72 Å². The zero-order valence-electron chi connectivity index (χ0n) is 14.4. The predicted molar refractivity (Wildman–Crippen MR) is 100 cm³/mol. The van der Waals surface area contributed by atoms with Crippen LogP contribution in [0.25, 0.3) is 11.0 Å². The smallest absolute Gasteiger partial charge is 0.341 e. The van der Waals surface area contributed by atoms with E-state index in [1.807, 2.05) is 30.3 Å². The Morgan fingerprint density at radius 2 is 1.89 bits per heavy atom. The van der Waals surface area contributed by atoms with E-state index in [-0.39, 0.29) is 12.3 Å². The number of hydrogen-bond acceptors (Lipinski definition) is 5. The van der Waals surface area contributed by atoms with Crippen molar-refractivity contribution >= 4 is 27.0 Å². The molecule has 1 heterocycles. The van der Waals surface area contributed by atoms with Gasteiger partial charge in [0.1, 0.15) is 0 Å². The largest absolute Gasteiger partial charge is 0.479 e. The van der Waals surface area contributed by atoms with Crippen LogP contribution in [0.5, 0.6) is 5.75 Å². The van der Waals surface area contributed by atoms with Gasteiger partial charge in [0.05, 0.1) is 12.0 Å². The molecule has 3 rings (SSSR count). The molecule has 27 heavy (non-hydrogen) atoms. The van der Waals surface area contributed by atoms with Crippen LogP contribution in [0.1, 0.15) is 11.1 Å². The molecule has 0 aliphatic rings. The van der Waals surface area contributed by atoms with Crippen LogP contribution in [0.2, 0.25) is 0 Å². The van der Waals surface area contributed by atoms with Crippen LogP contribution in [-0.4, -0.2) is 31.9 Å². The SMILES string of the molecule is O=C(O)COc1cccc2c(CNS(=O)(=O)CCc3ccccc3)coc12. The minimum absolute atomic E-state index is 0.0141. The van der Waals surface area contributed by atoms with Crippen molar-refractivity contribution in [2.75, 3.05) is 12.4 Å². The third kappa shape index (κ3) is 5.08. The zero-order valence-corrected chi connectivity index (χ0v) is 15.2. The number of nitrogens with one attached hydrogen (secondary N) is 1. The van der Waals surface area contributed by atoms with E-state index in [9.17, 15) is 13.2 Å². The summed E-state index contributed by atoms with van der Waals surface area (Å²) in [6.45, 7) is -0.409. The maximum Gasteiger partial charge on any atom is 0.341 e. The zero-order chi connectivity index (χ0) is 19.3. The molecule has 0 spiro atoms. The summed E-state index contributed by atoms with van der Waals surface area (Å²) >= 11 is 0. The summed E-state index contributed by atoms with van der Waals surface area (Å²) in [5, 5.41) is 9.40. The van der Waals surface area contributed by atoms with Crippen molar-refractivity contribution in [2.45, 2.75) is 13.0 Å². The number of fused-ring (bicyclic) bond motifs is 1. The fraction of sp³-hybridized carbons (Fsp3) is 0.211. The first-order valence-electron chi connectivity index (χ1n) is 8.29. The number of para-hydroxylation sites is 1. The number of sulfonamides is 1. The molecule has 0 saturated heterocycles. The lowest BCUT2D eigenvalue weighted by Crippen LogP contribution is -2.26. The van der Waals surface area contributed by atoms with Gasteiger partial charge in [0.25, 0.3) is 0 Å². The summed E-state index contributed by atoms with van der Waals surface area (Å²) < 4.78 is 37.7. The van der Waals surface area contributed by atoms with E-state index in [2.05, 4.69) is 4.72 Å². The number of carbonyl (C=O) groups is 1. The van der Waals surface area contributed by atoms with Gasteiger partial charge < -0.3 is 14.3 Å². The highest BCUT2D eigenvalue weighted by atomic mass is 32.2.